The Balaban J connectivity index is 2.36. The van der Waals surface area contributed by atoms with Gasteiger partial charge in [0.15, 0.2) is 5.76 Å². The number of nitrogens with zero attached hydrogens (tertiary/aromatic N) is 1. The zero-order chi connectivity index (χ0) is 16.3. The van der Waals surface area contributed by atoms with E-state index in [-0.39, 0.29) is 23.1 Å². The van der Waals surface area contributed by atoms with Gasteiger partial charge in [-0.2, -0.15) is 0 Å². The van der Waals surface area contributed by atoms with E-state index in [1.165, 1.54) is 0 Å². The Kier molecular flexibility index (Phi) is 4.88. The van der Waals surface area contributed by atoms with Crippen LogP contribution in [0.2, 0.25) is 5.02 Å². The van der Waals surface area contributed by atoms with Gasteiger partial charge in [0.2, 0.25) is 0 Å². The topological polar surface area (TPSA) is 70.9 Å². The van der Waals surface area contributed by atoms with Gasteiger partial charge in [0, 0.05) is 5.02 Å². The van der Waals surface area contributed by atoms with Gasteiger partial charge in [0.1, 0.15) is 11.7 Å². The number of halogens is 1. The van der Waals surface area contributed by atoms with Crippen LogP contribution in [-0.4, -0.2) is 22.8 Å². The lowest BCUT2D eigenvalue weighted by Crippen LogP contribution is -2.19. The summed E-state index contributed by atoms with van der Waals surface area (Å²) in [5.41, 5.74) is 1.39. The molecule has 22 heavy (non-hydrogen) atoms. The maximum atomic E-state index is 12.0. The highest BCUT2D eigenvalue weighted by molar-refractivity contribution is 6.32. The minimum Gasteiger partial charge on any atom is -0.505 e. The molecule has 116 valence electrons. The van der Waals surface area contributed by atoms with Crippen LogP contribution in [0.25, 0.3) is 6.08 Å². The number of carbonyl (C=O) groups is 1. The smallest absolute Gasteiger partial charge is 0.261 e. The van der Waals surface area contributed by atoms with E-state index in [1.54, 1.807) is 31.2 Å². The van der Waals surface area contributed by atoms with Crippen molar-refractivity contribution in [3.8, 4) is 0 Å². The minimum atomic E-state index is -0.426. The van der Waals surface area contributed by atoms with E-state index in [9.17, 15) is 9.90 Å². The third kappa shape index (κ3) is 3.49. The molecule has 1 aromatic carbocycles. The van der Waals surface area contributed by atoms with Crippen molar-refractivity contribution in [1.29, 1.82) is 0 Å². The van der Waals surface area contributed by atoms with Gasteiger partial charge in [-0.05, 0) is 38.5 Å². The number of aliphatic hydroxyl groups is 1. The molecule has 6 heteroatoms. The van der Waals surface area contributed by atoms with E-state index in [4.69, 9.17) is 16.4 Å². The van der Waals surface area contributed by atoms with E-state index < -0.39 is 5.91 Å². The molecule has 1 aliphatic rings. The van der Waals surface area contributed by atoms with Gasteiger partial charge in [-0.25, -0.2) is 0 Å². The molecule has 0 spiro atoms. The van der Waals surface area contributed by atoms with Gasteiger partial charge in [-0.15, -0.1) is 0 Å². The van der Waals surface area contributed by atoms with Crippen molar-refractivity contribution in [2.75, 3.05) is 0 Å². The van der Waals surface area contributed by atoms with Crippen molar-refractivity contribution < 1.29 is 14.7 Å². The Morgan fingerprint density at radius 2 is 2.09 bits per heavy atom. The molecule has 1 heterocycles. The van der Waals surface area contributed by atoms with Gasteiger partial charge >= 0.3 is 0 Å². The number of benzene rings is 1. The van der Waals surface area contributed by atoms with E-state index in [0.29, 0.717) is 16.3 Å². The first-order valence-electron chi connectivity index (χ1n) is 6.82. The molecule has 0 saturated carbocycles. The molecule has 2 N–H and O–H groups in total. The Morgan fingerprint density at radius 1 is 1.41 bits per heavy atom. The largest absolute Gasteiger partial charge is 0.505 e. The van der Waals surface area contributed by atoms with Crippen molar-refractivity contribution >= 4 is 29.3 Å². The van der Waals surface area contributed by atoms with Crippen LogP contribution in [0.4, 0.5) is 0 Å². The SMILES string of the molecule is C/C(=N\OC(C)C)C1=C(O)/C(=C/c2ccccc2Cl)NC1=O. The van der Waals surface area contributed by atoms with E-state index in [2.05, 4.69) is 10.5 Å². The Morgan fingerprint density at radius 3 is 2.73 bits per heavy atom. The van der Waals surface area contributed by atoms with E-state index >= 15 is 0 Å². The summed E-state index contributed by atoms with van der Waals surface area (Å²) in [6.45, 7) is 5.25. The summed E-state index contributed by atoms with van der Waals surface area (Å²) >= 11 is 6.07. The predicted octanol–water partition coefficient (Wildman–Crippen LogP) is 3.42. The summed E-state index contributed by atoms with van der Waals surface area (Å²) in [6.07, 6.45) is 1.50. The number of oxime groups is 1. The zero-order valence-corrected chi connectivity index (χ0v) is 13.3. The molecule has 0 saturated heterocycles. The summed E-state index contributed by atoms with van der Waals surface area (Å²) in [6, 6.07) is 7.14. The van der Waals surface area contributed by atoms with Gasteiger partial charge in [0.05, 0.1) is 11.4 Å². The van der Waals surface area contributed by atoms with Gasteiger partial charge in [-0.3, -0.25) is 4.79 Å². The third-order valence-electron chi connectivity index (χ3n) is 2.93. The lowest BCUT2D eigenvalue weighted by Gasteiger charge is -2.04. The van der Waals surface area contributed by atoms with Crippen molar-refractivity contribution in [3.63, 3.8) is 0 Å². The number of rotatable bonds is 4. The second kappa shape index (κ2) is 6.66. The molecule has 5 nitrogen and oxygen atoms in total. The third-order valence-corrected chi connectivity index (χ3v) is 3.28. The first-order valence-corrected chi connectivity index (χ1v) is 7.20. The number of hydrogen-bond donors (Lipinski definition) is 2. The quantitative estimate of drug-likeness (QED) is 0.659. The predicted molar refractivity (Wildman–Crippen MR) is 86.6 cm³/mol. The lowest BCUT2D eigenvalue weighted by molar-refractivity contribution is -0.115. The fourth-order valence-electron chi connectivity index (χ4n) is 1.90. The molecule has 0 aliphatic carbocycles. The number of hydrogen-bond acceptors (Lipinski definition) is 4. The van der Waals surface area contributed by atoms with Gasteiger partial charge in [0.25, 0.3) is 5.91 Å². The van der Waals surface area contributed by atoms with Crippen LogP contribution < -0.4 is 5.32 Å². The summed E-state index contributed by atoms with van der Waals surface area (Å²) in [5, 5.41) is 17.2. The molecule has 0 bridgehead atoms. The Labute approximate surface area is 133 Å². The van der Waals surface area contributed by atoms with Crippen LogP contribution in [0.5, 0.6) is 0 Å². The average Bonchev–Trinajstić information content (AvgIpc) is 2.73. The second-order valence-electron chi connectivity index (χ2n) is 5.09. The molecular weight excluding hydrogens is 304 g/mol. The number of nitrogens with one attached hydrogen (secondary N) is 1. The van der Waals surface area contributed by atoms with Gasteiger partial charge in [-0.1, -0.05) is 35.0 Å². The van der Waals surface area contributed by atoms with Crippen LogP contribution in [0, 0.1) is 0 Å². The Hall–Kier alpha value is -2.27. The monoisotopic (exact) mass is 320 g/mol. The molecular formula is C16H17ClN2O3. The zero-order valence-electron chi connectivity index (χ0n) is 12.6. The molecule has 0 aromatic heterocycles. The maximum absolute atomic E-state index is 12.0. The average molecular weight is 321 g/mol. The molecule has 1 aliphatic heterocycles. The van der Waals surface area contributed by atoms with Crippen molar-refractivity contribution in [2.45, 2.75) is 26.9 Å². The number of amides is 1. The summed E-state index contributed by atoms with van der Waals surface area (Å²) in [7, 11) is 0. The second-order valence-corrected chi connectivity index (χ2v) is 5.50. The van der Waals surface area contributed by atoms with E-state index in [1.807, 2.05) is 19.9 Å². The van der Waals surface area contributed by atoms with Crippen molar-refractivity contribution in [1.82, 2.24) is 5.32 Å². The fourth-order valence-corrected chi connectivity index (χ4v) is 2.09. The summed E-state index contributed by atoms with van der Waals surface area (Å²) in [4.78, 5) is 17.1. The lowest BCUT2D eigenvalue weighted by atomic mass is 10.1. The van der Waals surface area contributed by atoms with Crippen LogP contribution in [0.15, 0.2) is 46.5 Å². The number of aliphatic hydroxyl groups excluding tert-OH is 1. The molecule has 0 unspecified atom stereocenters. The highest BCUT2D eigenvalue weighted by Gasteiger charge is 2.29. The van der Waals surface area contributed by atoms with Crippen LogP contribution >= 0.6 is 11.6 Å². The Bertz CT molecular complexity index is 690. The normalized spacial score (nSPS) is 17.4. The van der Waals surface area contributed by atoms with Crippen LogP contribution in [0.1, 0.15) is 26.3 Å². The molecule has 0 atom stereocenters. The molecule has 1 aromatic rings. The first-order chi connectivity index (χ1) is 10.4. The standard InChI is InChI=1S/C16H17ClN2O3/c1-9(2)22-19-10(3)14-15(20)13(18-16(14)21)8-11-6-4-5-7-12(11)17/h4-9,20H,1-3H3,(H,18,21)/b13-8-,19-10+. The molecule has 0 fully saturated rings. The fraction of sp³-hybridized carbons (Fsp3) is 0.250. The first kappa shape index (κ1) is 16.1. The maximum Gasteiger partial charge on any atom is 0.261 e. The molecule has 0 radical (unpaired) electrons. The molecule has 2 rings (SSSR count). The van der Waals surface area contributed by atoms with Crippen LogP contribution in [-0.2, 0) is 9.63 Å². The highest BCUT2D eigenvalue weighted by atomic mass is 35.5. The van der Waals surface area contributed by atoms with Crippen LogP contribution in [0.3, 0.4) is 0 Å². The van der Waals surface area contributed by atoms with Crippen molar-refractivity contribution in [2.24, 2.45) is 5.16 Å². The molecule has 1 amide bonds. The van der Waals surface area contributed by atoms with Crippen molar-refractivity contribution in [3.05, 3.63) is 51.9 Å². The summed E-state index contributed by atoms with van der Waals surface area (Å²) in [5.74, 6) is -0.595. The van der Waals surface area contributed by atoms with Gasteiger partial charge < -0.3 is 15.3 Å². The number of carbonyl (C=O) groups excluding carboxylic acids is 1. The minimum absolute atomic E-state index is 0.0963. The highest BCUT2D eigenvalue weighted by Crippen LogP contribution is 2.24. The summed E-state index contributed by atoms with van der Waals surface area (Å²) < 4.78 is 0. The van der Waals surface area contributed by atoms with E-state index in [0.717, 1.165) is 0 Å².